The van der Waals surface area contributed by atoms with E-state index < -0.39 is 6.29 Å². The molecule has 104 valence electrons. The minimum absolute atomic E-state index is 0.324. The Bertz CT molecular complexity index is 150. The molecule has 0 aromatic carbocycles. The lowest BCUT2D eigenvalue weighted by atomic mass is 10.1. The first kappa shape index (κ1) is 16.8. The van der Waals surface area contributed by atoms with Gasteiger partial charge in [-0.2, -0.15) is 0 Å². The third-order valence-corrected chi connectivity index (χ3v) is 2.46. The highest BCUT2D eigenvalue weighted by atomic mass is 16.6. The molecule has 0 fully saturated rings. The first-order chi connectivity index (χ1) is 8.16. The van der Waals surface area contributed by atoms with Crippen molar-refractivity contribution in [3.63, 3.8) is 0 Å². The summed E-state index contributed by atoms with van der Waals surface area (Å²) >= 11 is 0. The van der Waals surface area contributed by atoms with E-state index in [4.69, 9.17) is 19.7 Å². The normalized spacial score (nSPS) is 13.2. The highest BCUT2D eigenvalue weighted by Gasteiger charge is 2.00. The van der Waals surface area contributed by atoms with Crippen LogP contribution in [0, 0.1) is 0 Å². The second-order valence-electron chi connectivity index (χ2n) is 4.55. The van der Waals surface area contributed by atoms with Gasteiger partial charge in [0.15, 0.2) is 6.29 Å². The Hall–Kier alpha value is -0.160. The standard InChI is InChI=1S/C13H28O4/c1-12(2)16-9-7-5-3-4-6-8-10-17-13(15)11-14/h12-15H,3-11H2,1-2H3. The van der Waals surface area contributed by atoms with Crippen LogP contribution in [0.3, 0.4) is 0 Å². The van der Waals surface area contributed by atoms with Crippen LogP contribution in [0.1, 0.15) is 52.4 Å². The number of unbranched alkanes of at least 4 members (excludes halogenated alkanes) is 5. The number of aliphatic hydroxyl groups is 2. The fourth-order valence-corrected chi connectivity index (χ4v) is 1.50. The molecule has 0 aliphatic heterocycles. The average molecular weight is 248 g/mol. The van der Waals surface area contributed by atoms with Crippen molar-refractivity contribution >= 4 is 0 Å². The van der Waals surface area contributed by atoms with E-state index >= 15 is 0 Å². The van der Waals surface area contributed by atoms with Gasteiger partial charge in [-0.3, -0.25) is 0 Å². The van der Waals surface area contributed by atoms with E-state index in [1.807, 2.05) is 0 Å². The minimum Gasteiger partial charge on any atom is -0.391 e. The van der Waals surface area contributed by atoms with E-state index in [0.29, 0.717) is 12.7 Å². The summed E-state index contributed by atoms with van der Waals surface area (Å²) in [7, 11) is 0. The molecule has 0 spiro atoms. The van der Waals surface area contributed by atoms with Crippen molar-refractivity contribution in [2.45, 2.75) is 64.8 Å². The van der Waals surface area contributed by atoms with Crippen LogP contribution in [-0.2, 0) is 9.47 Å². The van der Waals surface area contributed by atoms with Crippen LogP contribution >= 0.6 is 0 Å². The predicted octanol–water partition coefficient (Wildman–Crippen LogP) is 2.08. The number of ether oxygens (including phenoxy) is 2. The highest BCUT2D eigenvalue weighted by molar-refractivity contribution is 4.46. The molecule has 0 radical (unpaired) electrons. The van der Waals surface area contributed by atoms with Gasteiger partial charge in [-0.1, -0.05) is 25.7 Å². The lowest BCUT2D eigenvalue weighted by molar-refractivity contribution is -0.125. The lowest BCUT2D eigenvalue weighted by Crippen LogP contribution is -2.16. The number of rotatable bonds is 12. The average Bonchev–Trinajstić information content (AvgIpc) is 2.30. The Morgan fingerprint density at radius 3 is 1.76 bits per heavy atom. The maximum atomic E-state index is 8.92. The largest absolute Gasteiger partial charge is 0.391 e. The summed E-state index contributed by atoms with van der Waals surface area (Å²) in [6, 6.07) is 0. The third kappa shape index (κ3) is 13.8. The monoisotopic (exact) mass is 248 g/mol. The van der Waals surface area contributed by atoms with Gasteiger partial charge in [-0.25, -0.2) is 0 Å². The maximum absolute atomic E-state index is 8.92. The first-order valence-electron chi connectivity index (χ1n) is 6.69. The van der Waals surface area contributed by atoms with Crippen molar-refractivity contribution in [3.8, 4) is 0 Å². The summed E-state index contributed by atoms with van der Waals surface area (Å²) < 4.78 is 10.4. The molecule has 2 N–H and O–H groups in total. The van der Waals surface area contributed by atoms with Crippen LogP contribution in [0.5, 0.6) is 0 Å². The van der Waals surface area contributed by atoms with Crippen LogP contribution in [-0.4, -0.2) is 42.4 Å². The summed E-state index contributed by atoms with van der Waals surface area (Å²) in [5.74, 6) is 0. The summed E-state index contributed by atoms with van der Waals surface area (Å²) in [6.45, 7) is 5.18. The number of hydrogen-bond donors (Lipinski definition) is 2. The van der Waals surface area contributed by atoms with Crippen LogP contribution in [0.25, 0.3) is 0 Å². The minimum atomic E-state index is -1.01. The zero-order valence-electron chi connectivity index (χ0n) is 11.2. The first-order valence-corrected chi connectivity index (χ1v) is 6.69. The molecule has 0 aromatic rings. The molecule has 1 unspecified atom stereocenters. The molecule has 1 atom stereocenters. The molecule has 0 saturated heterocycles. The Balaban J connectivity index is 2.99. The molecule has 0 aliphatic carbocycles. The van der Waals surface area contributed by atoms with Crippen molar-refractivity contribution in [1.29, 1.82) is 0 Å². The fourth-order valence-electron chi connectivity index (χ4n) is 1.50. The van der Waals surface area contributed by atoms with Gasteiger partial charge in [0.05, 0.1) is 12.7 Å². The number of aliphatic hydroxyl groups excluding tert-OH is 2. The van der Waals surface area contributed by atoms with E-state index in [-0.39, 0.29) is 6.61 Å². The Morgan fingerprint density at radius 2 is 1.29 bits per heavy atom. The third-order valence-electron chi connectivity index (χ3n) is 2.46. The predicted molar refractivity (Wildman–Crippen MR) is 67.8 cm³/mol. The lowest BCUT2D eigenvalue weighted by Gasteiger charge is -2.08. The Labute approximate surface area is 105 Å². The van der Waals surface area contributed by atoms with Crippen molar-refractivity contribution in [3.05, 3.63) is 0 Å². The maximum Gasteiger partial charge on any atom is 0.177 e. The van der Waals surface area contributed by atoms with Crippen molar-refractivity contribution in [2.24, 2.45) is 0 Å². The van der Waals surface area contributed by atoms with Crippen molar-refractivity contribution < 1.29 is 19.7 Å². The fraction of sp³-hybridized carbons (Fsp3) is 1.00. The van der Waals surface area contributed by atoms with Crippen molar-refractivity contribution in [2.75, 3.05) is 19.8 Å². The Kier molecular flexibility index (Phi) is 12.2. The van der Waals surface area contributed by atoms with Gasteiger partial charge in [0, 0.05) is 13.2 Å². The molecular formula is C13H28O4. The van der Waals surface area contributed by atoms with Crippen molar-refractivity contribution in [1.82, 2.24) is 0 Å². The van der Waals surface area contributed by atoms with Crippen LogP contribution in [0.15, 0.2) is 0 Å². The van der Waals surface area contributed by atoms with Gasteiger partial charge in [-0.05, 0) is 26.7 Å². The van der Waals surface area contributed by atoms with Gasteiger partial charge in [0.2, 0.25) is 0 Å². The smallest absolute Gasteiger partial charge is 0.177 e. The molecule has 0 rings (SSSR count). The molecular weight excluding hydrogens is 220 g/mol. The van der Waals surface area contributed by atoms with Crippen LogP contribution in [0.2, 0.25) is 0 Å². The second kappa shape index (κ2) is 12.3. The molecule has 0 amide bonds. The summed E-state index contributed by atoms with van der Waals surface area (Å²) in [4.78, 5) is 0. The zero-order valence-corrected chi connectivity index (χ0v) is 11.2. The highest BCUT2D eigenvalue weighted by Crippen LogP contribution is 2.06. The molecule has 0 aromatic heterocycles. The van der Waals surface area contributed by atoms with Gasteiger partial charge < -0.3 is 19.7 Å². The Morgan fingerprint density at radius 1 is 0.824 bits per heavy atom. The summed E-state index contributed by atoms with van der Waals surface area (Å²) in [5, 5.41) is 17.4. The molecule has 4 nitrogen and oxygen atoms in total. The van der Waals surface area contributed by atoms with E-state index in [0.717, 1.165) is 25.9 Å². The van der Waals surface area contributed by atoms with Gasteiger partial charge in [-0.15, -0.1) is 0 Å². The van der Waals surface area contributed by atoms with Crippen LogP contribution < -0.4 is 0 Å². The van der Waals surface area contributed by atoms with Crippen LogP contribution in [0.4, 0.5) is 0 Å². The summed E-state index contributed by atoms with van der Waals surface area (Å²) in [5.41, 5.74) is 0. The second-order valence-corrected chi connectivity index (χ2v) is 4.55. The molecule has 0 heterocycles. The van der Waals surface area contributed by atoms with Gasteiger partial charge in [0.25, 0.3) is 0 Å². The molecule has 0 saturated carbocycles. The van der Waals surface area contributed by atoms with E-state index in [1.165, 1.54) is 19.3 Å². The quantitative estimate of drug-likeness (QED) is 0.410. The molecule has 0 bridgehead atoms. The van der Waals surface area contributed by atoms with E-state index in [9.17, 15) is 0 Å². The van der Waals surface area contributed by atoms with Gasteiger partial charge in [0.1, 0.15) is 0 Å². The number of hydrogen-bond acceptors (Lipinski definition) is 4. The van der Waals surface area contributed by atoms with E-state index in [1.54, 1.807) is 0 Å². The zero-order chi connectivity index (χ0) is 12.9. The molecule has 4 heteroatoms. The van der Waals surface area contributed by atoms with Gasteiger partial charge >= 0.3 is 0 Å². The van der Waals surface area contributed by atoms with E-state index in [2.05, 4.69) is 13.8 Å². The SMILES string of the molecule is CC(C)OCCCCCCCCOC(O)CO. The topological polar surface area (TPSA) is 58.9 Å². The molecule has 17 heavy (non-hydrogen) atoms. The molecule has 0 aliphatic rings. The summed E-state index contributed by atoms with van der Waals surface area (Å²) in [6.07, 6.45) is 6.16.